The maximum atomic E-state index is 12.2. The van der Waals surface area contributed by atoms with Crippen molar-refractivity contribution in [2.45, 2.75) is 18.8 Å². The third-order valence-corrected chi connectivity index (χ3v) is 4.27. The zero-order valence-corrected chi connectivity index (χ0v) is 13.9. The molecular weight excluding hydrogens is 318 g/mol. The zero-order valence-electron chi connectivity index (χ0n) is 13.9. The van der Waals surface area contributed by atoms with Gasteiger partial charge in [0, 0.05) is 12.1 Å². The van der Waals surface area contributed by atoms with Crippen LogP contribution in [0.4, 0.5) is 0 Å². The van der Waals surface area contributed by atoms with E-state index in [4.69, 9.17) is 4.74 Å². The Kier molecular flexibility index (Phi) is 5.33. The summed E-state index contributed by atoms with van der Waals surface area (Å²) in [5.74, 6) is -0.609. The lowest BCUT2D eigenvalue weighted by atomic mass is 9.99. The molecule has 0 saturated heterocycles. The lowest BCUT2D eigenvalue weighted by Crippen LogP contribution is -2.31. The summed E-state index contributed by atoms with van der Waals surface area (Å²) in [6.07, 6.45) is 2.46. The molecule has 2 aromatic rings. The van der Waals surface area contributed by atoms with Crippen molar-refractivity contribution < 1.29 is 19.4 Å². The highest BCUT2D eigenvalue weighted by Crippen LogP contribution is 2.29. The van der Waals surface area contributed by atoms with E-state index < -0.39 is 11.9 Å². The molecule has 0 heterocycles. The number of nitrogens with one attached hydrogen (secondary N) is 1. The third-order valence-electron chi connectivity index (χ3n) is 4.27. The van der Waals surface area contributed by atoms with Crippen LogP contribution in [-0.4, -0.2) is 30.1 Å². The van der Waals surface area contributed by atoms with E-state index in [-0.39, 0.29) is 12.5 Å². The van der Waals surface area contributed by atoms with Crippen LogP contribution in [-0.2, 0) is 4.79 Å². The normalized spacial score (nSPS) is 14.6. The van der Waals surface area contributed by atoms with Crippen molar-refractivity contribution in [2.24, 2.45) is 5.92 Å². The van der Waals surface area contributed by atoms with Gasteiger partial charge in [0.2, 0.25) is 0 Å². The van der Waals surface area contributed by atoms with Crippen LogP contribution >= 0.6 is 0 Å². The fourth-order valence-electron chi connectivity index (χ4n) is 2.53. The van der Waals surface area contributed by atoms with Gasteiger partial charge < -0.3 is 15.2 Å². The van der Waals surface area contributed by atoms with Gasteiger partial charge >= 0.3 is 5.97 Å². The number of aliphatic carboxylic acids is 1. The largest absolute Gasteiger partial charge is 0.493 e. The smallest absolute Gasteiger partial charge is 0.312 e. The van der Waals surface area contributed by atoms with Crippen molar-refractivity contribution in [3.63, 3.8) is 0 Å². The van der Waals surface area contributed by atoms with Crippen LogP contribution < -0.4 is 10.1 Å². The molecule has 5 heteroatoms. The minimum Gasteiger partial charge on any atom is -0.493 e. The van der Waals surface area contributed by atoms with Gasteiger partial charge in [-0.3, -0.25) is 9.59 Å². The van der Waals surface area contributed by atoms with Gasteiger partial charge in [-0.1, -0.05) is 30.3 Å². The molecule has 1 atom stereocenters. The van der Waals surface area contributed by atoms with Crippen molar-refractivity contribution in [1.29, 1.82) is 0 Å². The SMILES string of the molecule is O=C(NCC(C(=O)O)c1ccccc1)c1ccc(OCC2CC2)cc1. The van der Waals surface area contributed by atoms with Gasteiger partial charge in [0.05, 0.1) is 12.5 Å². The zero-order chi connectivity index (χ0) is 17.6. The Morgan fingerprint density at radius 1 is 1.08 bits per heavy atom. The number of carbonyl (C=O) groups is 2. The fourth-order valence-corrected chi connectivity index (χ4v) is 2.53. The van der Waals surface area contributed by atoms with Crippen molar-refractivity contribution >= 4 is 11.9 Å². The first-order valence-corrected chi connectivity index (χ1v) is 8.42. The summed E-state index contributed by atoms with van der Waals surface area (Å²) in [7, 11) is 0. The lowest BCUT2D eigenvalue weighted by molar-refractivity contribution is -0.138. The van der Waals surface area contributed by atoms with E-state index in [9.17, 15) is 14.7 Å². The molecule has 0 aliphatic heterocycles. The summed E-state index contributed by atoms with van der Waals surface area (Å²) in [6, 6.07) is 15.8. The maximum absolute atomic E-state index is 12.2. The molecule has 1 saturated carbocycles. The Bertz CT molecular complexity index is 723. The van der Waals surface area contributed by atoms with E-state index in [1.165, 1.54) is 12.8 Å². The van der Waals surface area contributed by atoms with Crippen LogP contribution in [0.1, 0.15) is 34.7 Å². The Labute approximate surface area is 146 Å². The van der Waals surface area contributed by atoms with Crippen LogP contribution in [0.15, 0.2) is 54.6 Å². The van der Waals surface area contributed by atoms with Crippen molar-refractivity contribution in [3.05, 3.63) is 65.7 Å². The molecule has 0 spiro atoms. The van der Waals surface area contributed by atoms with E-state index in [1.54, 1.807) is 48.5 Å². The number of carboxylic acid groups (broad SMARTS) is 1. The molecule has 0 bridgehead atoms. The number of amides is 1. The number of carboxylic acids is 1. The molecule has 3 rings (SSSR count). The van der Waals surface area contributed by atoms with Gasteiger partial charge in [0.1, 0.15) is 5.75 Å². The predicted octanol–water partition coefficient (Wildman–Crippen LogP) is 3.07. The maximum Gasteiger partial charge on any atom is 0.312 e. The second kappa shape index (κ2) is 7.83. The number of carbonyl (C=O) groups excluding carboxylic acids is 1. The number of ether oxygens (including phenoxy) is 1. The molecule has 0 radical (unpaired) electrons. The first-order chi connectivity index (χ1) is 12.1. The van der Waals surface area contributed by atoms with E-state index in [0.717, 1.165) is 12.4 Å². The molecule has 1 unspecified atom stereocenters. The van der Waals surface area contributed by atoms with E-state index in [0.29, 0.717) is 17.0 Å². The molecule has 2 aromatic carbocycles. The molecule has 1 aliphatic carbocycles. The van der Waals surface area contributed by atoms with Crippen molar-refractivity contribution in [1.82, 2.24) is 5.32 Å². The summed E-state index contributed by atoms with van der Waals surface area (Å²) in [6.45, 7) is 0.765. The minimum atomic E-state index is -0.963. The van der Waals surface area contributed by atoms with Gasteiger partial charge in [0.25, 0.3) is 5.91 Å². The van der Waals surface area contributed by atoms with Crippen LogP contribution in [0.5, 0.6) is 5.75 Å². The highest BCUT2D eigenvalue weighted by atomic mass is 16.5. The molecule has 0 aromatic heterocycles. The van der Waals surface area contributed by atoms with Crippen LogP contribution in [0, 0.1) is 5.92 Å². The second-order valence-electron chi connectivity index (χ2n) is 6.29. The molecule has 1 aliphatic rings. The molecular formula is C20H21NO4. The average molecular weight is 339 g/mol. The quantitative estimate of drug-likeness (QED) is 0.775. The van der Waals surface area contributed by atoms with Gasteiger partial charge in [-0.2, -0.15) is 0 Å². The first-order valence-electron chi connectivity index (χ1n) is 8.42. The van der Waals surface area contributed by atoms with Crippen LogP contribution in [0.2, 0.25) is 0 Å². The standard InChI is InChI=1S/C20H21NO4/c22-19(16-8-10-17(11-9-16)25-13-14-6-7-14)21-12-18(20(23)24)15-4-2-1-3-5-15/h1-5,8-11,14,18H,6-7,12-13H2,(H,21,22)(H,23,24). The fraction of sp³-hybridized carbons (Fsp3) is 0.300. The number of rotatable bonds is 8. The Morgan fingerprint density at radius 3 is 2.36 bits per heavy atom. The summed E-state index contributed by atoms with van der Waals surface area (Å²) in [4.78, 5) is 23.7. The summed E-state index contributed by atoms with van der Waals surface area (Å²) < 4.78 is 5.64. The topological polar surface area (TPSA) is 75.6 Å². The highest BCUT2D eigenvalue weighted by molar-refractivity contribution is 5.94. The van der Waals surface area contributed by atoms with E-state index >= 15 is 0 Å². The van der Waals surface area contributed by atoms with Gasteiger partial charge in [0.15, 0.2) is 0 Å². The molecule has 1 fully saturated rings. The third kappa shape index (κ3) is 4.83. The van der Waals surface area contributed by atoms with Gasteiger partial charge in [-0.05, 0) is 48.6 Å². The second-order valence-corrected chi connectivity index (χ2v) is 6.29. The summed E-state index contributed by atoms with van der Waals surface area (Å²) >= 11 is 0. The van der Waals surface area contributed by atoms with Gasteiger partial charge in [-0.15, -0.1) is 0 Å². The molecule has 2 N–H and O–H groups in total. The molecule has 1 amide bonds. The number of hydrogen-bond acceptors (Lipinski definition) is 3. The van der Waals surface area contributed by atoms with Crippen molar-refractivity contribution in [2.75, 3.05) is 13.2 Å². The monoisotopic (exact) mass is 339 g/mol. The van der Waals surface area contributed by atoms with Crippen LogP contribution in [0.3, 0.4) is 0 Å². The lowest BCUT2D eigenvalue weighted by Gasteiger charge is -2.14. The number of benzene rings is 2. The first kappa shape index (κ1) is 17.0. The van der Waals surface area contributed by atoms with Crippen LogP contribution in [0.25, 0.3) is 0 Å². The predicted molar refractivity (Wildman–Crippen MR) is 93.8 cm³/mol. The Balaban J connectivity index is 1.56. The van der Waals surface area contributed by atoms with Gasteiger partial charge in [-0.25, -0.2) is 0 Å². The highest BCUT2D eigenvalue weighted by Gasteiger charge is 2.22. The molecule has 25 heavy (non-hydrogen) atoms. The van der Waals surface area contributed by atoms with E-state index in [1.807, 2.05) is 6.07 Å². The van der Waals surface area contributed by atoms with Crippen molar-refractivity contribution in [3.8, 4) is 5.75 Å². The minimum absolute atomic E-state index is 0.0398. The molecule has 5 nitrogen and oxygen atoms in total. The Hall–Kier alpha value is -2.82. The number of hydrogen-bond donors (Lipinski definition) is 2. The summed E-state index contributed by atoms with van der Waals surface area (Å²) in [5, 5.41) is 12.1. The average Bonchev–Trinajstić information content (AvgIpc) is 3.45. The summed E-state index contributed by atoms with van der Waals surface area (Å²) in [5.41, 5.74) is 1.15. The molecule has 130 valence electrons. The Morgan fingerprint density at radius 2 is 1.76 bits per heavy atom. The van der Waals surface area contributed by atoms with E-state index in [2.05, 4.69) is 5.32 Å².